The number of carbonyl (C=O) groups excluding carboxylic acids is 2. The van der Waals surface area contributed by atoms with Gasteiger partial charge in [0.2, 0.25) is 0 Å². The van der Waals surface area contributed by atoms with E-state index in [0.717, 1.165) is 24.7 Å². The summed E-state index contributed by atoms with van der Waals surface area (Å²) >= 11 is 0. The van der Waals surface area contributed by atoms with Crippen LogP contribution < -0.4 is 10.4 Å². The molecule has 1 aromatic rings. The van der Waals surface area contributed by atoms with Crippen molar-refractivity contribution in [3.63, 3.8) is 0 Å². The Bertz CT molecular complexity index is 777. The minimum Gasteiger partial charge on any atom is -0.444 e. The van der Waals surface area contributed by atoms with Gasteiger partial charge in [-0.15, -0.1) is 0 Å². The molecule has 26 heavy (non-hydrogen) atoms. The molecule has 0 aromatic heterocycles. The van der Waals surface area contributed by atoms with E-state index in [-0.39, 0.29) is 13.0 Å². The van der Waals surface area contributed by atoms with Crippen molar-refractivity contribution in [2.75, 3.05) is 17.7 Å². The number of hydrogen-bond acceptors (Lipinski definition) is 6. The fourth-order valence-corrected chi connectivity index (χ4v) is 3.81. The minimum absolute atomic E-state index is 0.121. The molecule has 2 amide bonds. The largest absolute Gasteiger partial charge is 0.444 e. The van der Waals surface area contributed by atoms with Gasteiger partial charge in [0.1, 0.15) is 6.10 Å². The fraction of sp³-hybridized carbons (Fsp3) is 0.529. The standard InChI is InChI=1S/C17H24N2O6S/c1-4-5-12-6-8-13(9-7-12)19-11-14(25-16(19)21)10-17(2,15(20)18-22)26(3,23)24/h6-9,14,22H,4-5,10-11H2,1-3H3,(H,18,20). The average Bonchev–Trinajstić information content (AvgIpc) is 2.94. The van der Waals surface area contributed by atoms with E-state index >= 15 is 0 Å². The SMILES string of the molecule is CCCc1ccc(N2CC(CC(C)(C(=O)NO)S(C)(=O)=O)OC2=O)cc1. The summed E-state index contributed by atoms with van der Waals surface area (Å²) in [6.07, 6.45) is 1.21. The number of rotatable bonds is 7. The van der Waals surface area contributed by atoms with Crippen molar-refractivity contribution >= 4 is 27.5 Å². The summed E-state index contributed by atoms with van der Waals surface area (Å²) in [7, 11) is -3.86. The average molecular weight is 384 g/mol. The molecule has 2 atom stereocenters. The van der Waals surface area contributed by atoms with E-state index in [1.54, 1.807) is 0 Å². The van der Waals surface area contributed by atoms with Crippen LogP contribution in [0.3, 0.4) is 0 Å². The first kappa shape index (κ1) is 20.2. The van der Waals surface area contributed by atoms with Crippen LogP contribution in [0, 0.1) is 0 Å². The zero-order chi connectivity index (χ0) is 19.5. The van der Waals surface area contributed by atoms with Crippen LogP contribution in [0.4, 0.5) is 10.5 Å². The summed E-state index contributed by atoms with van der Waals surface area (Å²) in [6, 6.07) is 7.48. The minimum atomic E-state index is -3.86. The summed E-state index contributed by atoms with van der Waals surface area (Å²) in [5.74, 6) is -1.06. The highest BCUT2D eigenvalue weighted by atomic mass is 32.2. The Morgan fingerprint density at radius 3 is 2.50 bits per heavy atom. The van der Waals surface area contributed by atoms with Gasteiger partial charge in [0, 0.05) is 18.4 Å². The molecule has 1 heterocycles. The molecular formula is C17H24N2O6S. The lowest BCUT2D eigenvalue weighted by molar-refractivity contribution is -0.132. The summed E-state index contributed by atoms with van der Waals surface area (Å²) in [5, 5.41) is 8.88. The van der Waals surface area contributed by atoms with Crippen molar-refractivity contribution in [2.24, 2.45) is 0 Å². The Hall–Kier alpha value is -2.13. The molecule has 9 heteroatoms. The zero-order valence-electron chi connectivity index (χ0n) is 15.1. The number of anilines is 1. The van der Waals surface area contributed by atoms with Gasteiger partial charge in [-0.3, -0.25) is 14.9 Å². The molecule has 8 nitrogen and oxygen atoms in total. The number of amides is 2. The smallest absolute Gasteiger partial charge is 0.414 e. The zero-order valence-corrected chi connectivity index (χ0v) is 15.9. The molecule has 0 saturated carbocycles. The van der Waals surface area contributed by atoms with Gasteiger partial charge in [0.15, 0.2) is 14.6 Å². The maximum absolute atomic E-state index is 12.2. The lowest BCUT2D eigenvalue weighted by atomic mass is 10.0. The number of benzene rings is 1. The number of sulfone groups is 1. The van der Waals surface area contributed by atoms with Crippen LogP contribution in [0.1, 0.15) is 32.3 Å². The normalized spacial score (nSPS) is 19.8. The van der Waals surface area contributed by atoms with Gasteiger partial charge in [-0.1, -0.05) is 25.5 Å². The molecule has 1 fully saturated rings. The second kappa shape index (κ2) is 7.63. The molecular weight excluding hydrogens is 360 g/mol. The third-order valence-corrected chi connectivity index (χ3v) is 6.67. The third-order valence-electron chi connectivity index (χ3n) is 4.68. The van der Waals surface area contributed by atoms with Crippen molar-refractivity contribution in [3.8, 4) is 0 Å². The van der Waals surface area contributed by atoms with Gasteiger partial charge in [0.05, 0.1) is 6.54 Å². The molecule has 2 N–H and O–H groups in total. The molecule has 0 aliphatic carbocycles. The molecule has 2 rings (SSSR count). The topological polar surface area (TPSA) is 113 Å². The lowest BCUT2D eigenvalue weighted by Gasteiger charge is -2.26. The van der Waals surface area contributed by atoms with Crippen LogP contribution in [0.15, 0.2) is 24.3 Å². The Morgan fingerprint density at radius 1 is 1.38 bits per heavy atom. The molecule has 1 saturated heterocycles. The van der Waals surface area contributed by atoms with Crippen LogP contribution >= 0.6 is 0 Å². The molecule has 1 aromatic carbocycles. The number of nitrogens with one attached hydrogen (secondary N) is 1. The Morgan fingerprint density at radius 2 is 2.00 bits per heavy atom. The van der Waals surface area contributed by atoms with E-state index in [1.807, 2.05) is 24.3 Å². The third kappa shape index (κ3) is 3.99. The van der Waals surface area contributed by atoms with Gasteiger partial charge in [0.25, 0.3) is 5.91 Å². The summed E-state index contributed by atoms with van der Waals surface area (Å²) in [5.41, 5.74) is 3.19. The highest BCUT2D eigenvalue weighted by Crippen LogP contribution is 2.30. The number of aryl methyl sites for hydroxylation is 1. The predicted octanol–water partition coefficient (Wildman–Crippen LogP) is 1.66. The van der Waals surface area contributed by atoms with Crippen LogP contribution in [0.2, 0.25) is 0 Å². The predicted molar refractivity (Wildman–Crippen MR) is 95.8 cm³/mol. The number of hydrogen-bond donors (Lipinski definition) is 2. The number of ether oxygens (including phenoxy) is 1. The molecule has 0 spiro atoms. The maximum atomic E-state index is 12.2. The second-order valence-corrected chi connectivity index (χ2v) is 9.13. The summed E-state index contributed by atoms with van der Waals surface area (Å²) in [4.78, 5) is 25.5. The summed E-state index contributed by atoms with van der Waals surface area (Å²) < 4.78 is 27.4. The Kier molecular flexibility index (Phi) is 5.92. The quantitative estimate of drug-likeness (QED) is 0.546. The van der Waals surface area contributed by atoms with Crippen LogP contribution in [-0.4, -0.2) is 49.3 Å². The van der Waals surface area contributed by atoms with Gasteiger partial charge in [-0.2, -0.15) is 0 Å². The lowest BCUT2D eigenvalue weighted by Crippen LogP contribution is -2.51. The maximum Gasteiger partial charge on any atom is 0.414 e. The van der Waals surface area contributed by atoms with E-state index in [0.29, 0.717) is 5.69 Å². The van der Waals surface area contributed by atoms with Gasteiger partial charge < -0.3 is 4.74 Å². The van der Waals surface area contributed by atoms with Crippen LogP contribution in [-0.2, 0) is 25.8 Å². The number of nitrogens with zero attached hydrogens (tertiary/aromatic N) is 1. The highest BCUT2D eigenvalue weighted by Gasteiger charge is 2.48. The van der Waals surface area contributed by atoms with Crippen LogP contribution in [0.25, 0.3) is 0 Å². The van der Waals surface area contributed by atoms with Crippen molar-refractivity contribution in [2.45, 2.75) is 44.0 Å². The highest BCUT2D eigenvalue weighted by molar-refractivity contribution is 7.92. The second-order valence-electron chi connectivity index (χ2n) is 6.68. The van der Waals surface area contributed by atoms with Crippen molar-refractivity contribution in [1.82, 2.24) is 5.48 Å². The first-order chi connectivity index (χ1) is 12.1. The van der Waals surface area contributed by atoms with E-state index in [2.05, 4.69) is 6.92 Å². The molecule has 0 bridgehead atoms. The Balaban J connectivity index is 2.17. The first-order valence-corrected chi connectivity index (χ1v) is 10.2. The van der Waals surface area contributed by atoms with E-state index < -0.39 is 32.7 Å². The van der Waals surface area contributed by atoms with Gasteiger partial charge in [-0.25, -0.2) is 18.7 Å². The molecule has 0 radical (unpaired) electrons. The Labute approximate surface area is 153 Å². The fourth-order valence-electron chi connectivity index (χ4n) is 2.94. The van der Waals surface area contributed by atoms with E-state index in [4.69, 9.17) is 9.94 Å². The van der Waals surface area contributed by atoms with Crippen molar-refractivity contribution in [1.29, 1.82) is 0 Å². The number of carbonyl (C=O) groups is 2. The molecule has 1 aliphatic rings. The monoisotopic (exact) mass is 384 g/mol. The van der Waals surface area contributed by atoms with Crippen molar-refractivity contribution < 1.29 is 28.0 Å². The molecule has 2 unspecified atom stereocenters. The van der Waals surface area contributed by atoms with Crippen molar-refractivity contribution in [3.05, 3.63) is 29.8 Å². The first-order valence-electron chi connectivity index (χ1n) is 8.33. The van der Waals surface area contributed by atoms with E-state index in [9.17, 15) is 18.0 Å². The van der Waals surface area contributed by atoms with Gasteiger partial charge >= 0.3 is 6.09 Å². The van der Waals surface area contributed by atoms with Crippen LogP contribution in [0.5, 0.6) is 0 Å². The van der Waals surface area contributed by atoms with E-state index in [1.165, 1.54) is 17.3 Å². The number of hydroxylamine groups is 1. The number of cyclic esters (lactones) is 1. The molecule has 144 valence electrons. The van der Waals surface area contributed by atoms with Gasteiger partial charge in [-0.05, 0) is 31.0 Å². The summed E-state index contributed by atoms with van der Waals surface area (Å²) in [6.45, 7) is 3.40. The molecule has 1 aliphatic heterocycles.